The molecule has 0 heterocycles. The molecule has 0 radical (unpaired) electrons. The van der Waals surface area contributed by atoms with Gasteiger partial charge in [0.25, 0.3) is 5.69 Å². The quantitative estimate of drug-likeness (QED) is 0.610. The molecule has 0 unspecified atom stereocenters. The van der Waals surface area contributed by atoms with Crippen molar-refractivity contribution in [3.05, 3.63) is 56.6 Å². The molecule has 0 aliphatic carbocycles. The number of benzene rings is 2. The van der Waals surface area contributed by atoms with Crippen molar-refractivity contribution < 1.29 is 14.4 Å². The highest BCUT2D eigenvalue weighted by atomic mass is 16.6. The van der Waals surface area contributed by atoms with Gasteiger partial charge in [0, 0.05) is 12.1 Å². The van der Waals surface area contributed by atoms with Crippen molar-refractivity contribution in [1.29, 1.82) is 0 Å². The predicted octanol–water partition coefficient (Wildman–Crippen LogP) is 4.63. The summed E-state index contributed by atoms with van der Waals surface area (Å²) < 4.78 is 11.4. The fourth-order valence-electron chi connectivity index (χ4n) is 2.46. The molecule has 0 aromatic heterocycles. The molecule has 0 aliphatic rings. The zero-order valence-corrected chi connectivity index (χ0v) is 13.4. The van der Waals surface area contributed by atoms with Crippen LogP contribution >= 0.6 is 0 Å². The Labute approximate surface area is 129 Å². The highest BCUT2D eigenvalue weighted by Gasteiger charge is 2.17. The first kappa shape index (κ1) is 15.8. The fraction of sp³-hybridized carbons (Fsp3) is 0.294. The molecular weight excluding hydrogens is 282 g/mol. The lowest BCUT2D eigenvalue weighted by Crippen LogP contribution is -2.01. The maximum atomic E-state index is 10.7. The lowest BCUT2D eigenvalue weighted by atomic mass is 9.98. The molecule has 0 spiro atoms. The van der Waals surface area contributed by atoms with Crippen molar-refractivity contribution in [2.45, 2.75) is 27.7 Å². The second kappa shape index (κ2) is 6.05. The molecule has 0 aliphatic heterocycles. The van der Waals surface area contributed by atoms with Crippen LogP contribution < -0.4 is 9.47 Å². The molecular formula is C17H19NO4. The average molecular weight is 301 g/mol. The van der Waals surface area contributed by atoms with E-state index in [0.717, 1.165) is 33.8 Å². The lowest BCUT2D eigenvalue weighted by molar-refractivity contribution is -0.384. The third-order valence-corrected chi connectivity index (χ3v) is 3.96. The minimum atomic E-state index is -0.429. The van der Waals surface area contributed by atoms with Gasteiger partial charge in [-0.15, -0.1) is 0 Å². The first-order valence-electron chi connectivity index (χ1n) is 6.93. The topological polar surface area (TPSA) is 61.6 Å². The summed E-state index contributed by atoms with van der Waals surface area (Å²) in [5.74, 6) is 2.21. The number of nitrogens with zero attached hydrogens (tertiary/aromatic N) is 1. The van der Waals surface area contributed by atoms with E-state index in [2.05, 4.69) is 0 Å². The summed E-state index contributed by atoms with van der Waals surface area (Å²) in [4.78, 5) is 10.3. The van der Waals surface area contributed by atoms with Crippen LogP contribution in [-0.4, -0.2) is 12.0 Å². The van der Waals surface area contributed by atoms with Crippen molar-refractivity contribution in [2.24, 2.45) is 0 Å². The van der Waals surface area contributed by atoms with Crippen LogP contribution in [0.3, 0.4) is 0 Å². The molecule has 2 aromatic rings. The van der Waals surface area contributed by atoms with Crippen molar-refractivity contribution >= 4 is 5.69 Å². The Balaban J connectivity index is 2.43. The van der Waals surface area contributed by atoms with E-state index < -0.39 is 4.92 Å². The average Bonchev–Trinajstić information content (AvgIpc) is 2.50. The number of hydrogen-bond donors (Lipinski definition) is 0. The Hall–Kier alpha value is -2.56. The molecule has 0 bridgehead atoms. The Morgan fingerprint density at radius 3 is 1.73 bits per heavy atom. The van der Waals surface area contributed by atoms with Crippen LogP contribution in [0, 0.1) is 37.8 Å². The Bertz CT molecular complexity index is 691. The number of methoxy groups -OCH3 is 1. The van der Waals surface area contributed by atoms with E-state index in [1.165, 1.54) is 12.1 Å². The number of hydrogen-bond acceptors (Lipinski definition) is 4. The molecule has 0 saturated heterocycles. The SMILES string of the molecule is COc1c(C)c(C)c(Oc2ccc([N+](=O)[O-])cc2)c(C)c1C. The molecule has 0 N–H and O–H groups in total. The van der Waals surface area contributed by atoms with Gasteiger partial charge in [-0.25, -0.2) is 0 Å². The maximum absolute atomic E-state index is 10.7. The minimum absolute atomic E-state index is 0.0443. The number of ether oxygens (including phenoxy) is 2. The first-order chi connectivity index (χ1) is 10.4. The van der Waals surface area contributed by atoms with Gasteiger partial charge in [0.2, 0.25) is 0 Å². The summed E-state index contributed by atoms with van der Waals surface area (Å²) in [6.45, 7) is 7.93. The second-order valence-electron chi connectivity index (χ2n) is 5.22. The molecule has 0 amide bonds. The molecule has 2 aromatic carbocycles. The van der Waals surface area contributed by atoms with E-state index in [1.807, 2.05) is 27.7 Å². The van der Waals surface area contributed by atoms with Crippen molar-refractivity contribution in [3.8, 4) is 17.2 Å². The molecule has 0 fully saturated rings. The normalized spacial score (nSPS) is 10.4. The largest absolute Gasteiger partial charge is 0.496 e. The van der Waals surface area contributed by atoms with Crippen LogP contribution in [0.2, 0.25) is 0 Å². The van der Waals surface area contributed by atoms with Gasteiger partial charge in [-0.1, -0.05) is 0 Å². The van der Waals surface area contributed by atoms with Crippen LogP contribution in [0.4, 0.5) is 5.69 Å². The van der Waals surface area contributed by atoms with Crippen LogP contribution in [-0.2, 0) is 0 Å². The zero-order chi connectivity index (χ0) is 16.4. The summed E-state index contributed by atoms with van der Waals surface area (Å²) in [5, 5.41) is 10.7. The fourth-order valence-corrected chi connectivity index (χ4v) is 2.46. The summed E-state index contributed by atoms with van der Waals surface area (Å²) in [5.41, 5.74) is 4.10. The van der Waals surface area contributed by atoms with E-state index in [4.69, 9.17) is 9.47 Å². The van der Waals surface area contributed by atoms with E-state index >= 15 is 0 Å². The van der Waals surface area contributed by atoms with E-state index in [-0.39, 0.29) is 5.69 Å². The maximum Gasteiger partial charge on any atom is 0.269 e. The summed E-state index contributed by atoms with van der Waals surface area (Å²) in [6, 6.07) is 6.07. The third-order valence-electron chi connectivity index (χ3n) is 3.96. The van der Waals surface area contributed by atoms with Gasteiger partial charge in [-0.05, 0) is 62.1 Å². The van der Waals surface area contributed by atoms with Crippen LogP contribution in [0.15, 0.2) is 24.3 Å². The smallest absolute Gasteiger partial charge is 0.269 e. The van der Waals surface area contributed by atoms with Gasteiger partial charge in [-0.2, -0.15) is 0 Å². The van der Waals surface area contributed by atoms with Crippen molar-refractivity contribution in [3.63, 3.8) is 0 Å². The van der Waals surface area contributed by atoms with E-state index in [1.54, 1.807) is 19.2 Å². The molecule has 22 heavy (non-hydrogen) atoms. The molecule has 2 rings (SSSR count). The number of non-ortho nitro benzene ring substituents is 1. The predicted molar refractivity (Wildman–Crippen MR) is 85.1 cm³/mol. The molecule has 116 valence electrons. The molecule has 0 atom stereocenters. The Morgan fingerprint density at radius 2 is 1.32 bits per heavy atom. The number of nitro benzene ring substituents is 1. The molecule has 5 nitrogen and oxygen atoms in total. The van der Waals surface area contributed by atoms with Gasteiger partial charge in [0.15, 0.2) is 0 Å². The van der Waals surface area contributed by atoms with E-state index in [9.17, 15) is 10.1 Å². The van der Waals surface area contributed by atoms with Gasteiger partial charge in [0.05, 0.1) is 12.0 Å². The van der Waals surface area contributed by atoms with Gasteiger partial charge < -0.3 is 9.47 Å². The van der Waals surface area contributed by atoms with E-state index in [0.29, 0.717) is 5.75 Å². The first-order valence-corrected chi connectivity index (χ1v) is 6.93. The summed E-state index contributed by atoms with van der Waals surface area (Å²) in [7, 11) is 1.66. The van der Waals surface area contributed by atoms with Gasteiger partial charge in [-0.3, -0.25) is 10.1 Å². The highest BCUT2D eigenvalue weighted by Crippen LogP contribution is 2.39. The highest BCUT2D eigenvalue weighted by molar-refractivity contribution is 5.58. The zero-order valence-electron chi connectivity index (χ0n) is 13.4. The number of nitro groups is 1. The van der Waals surface area contributed by atoms with Crippen molar-refractivity contribution in [1.82, 2.24) is 0 Å². The van der Waals surface area contributed by atoms with Crippen LogP contribution in [0.25, 0.3) is 0 Å². The molecule has 5 heteroatoms. The lowest BCUT2D eigenvalue weighted by Gasteiger charge is -2.19. The summed E-state index contributed by atoms with van der Waals surface area (Å²) in [6.07, 6.45) is 0. The second-order valence-corrected chi connectivity index (χ2v) is 5.22. The van der Waals surface area contributed by atoms with Crippen LogP contribution in [0.1, 0.15) is 22.3 Å². The monoisotopic (exact) mass is 301 g/mol. The number of rotatable bonds is 4. The minimum Gasteiger partial charge on any atom is -0.496 e. The third kappa shape index (κ3) is 2.74. The standard InChI is InChI=1S/C17H19NO4/c1-10-12(3)17(13(4)11(2)16(10)21-5)22-15-8-6-14(7-9-15)18(19)20/h6-9H,1-5H3. The van der Waals surface area contributed by atoms with Crippen molar-refractivity contribution in [2.75, 3.05) is 7.11 Å². The summed E-state index contributed by atoms with van der Waals surface area (Å²) >= 11 is 0. The van der Waals surface area contributed by atoms with Gasteiger partial charge >= 0.3 is 0 Å². The Morgan fingerprint density at radius 1 is 0.864 bits per heavy atom. The van der Waals surface area contributed by atoms with Gasteiger partial charge in [0.1, 0.15) is 17.2 Å². The molecule has 0 saturated carbocycles. The van der Waals surface area contributed by atoms with Crippen LogP contribution in [0.5, 0.6) is 17.2 Å². The Kier molecular flexibility index (Phi) is 4.35.